The van der Waals surface area contributed by atoms with Crippen LogP contribution in [-0.2, 0) is 23.9 Å². The van der Waals surface area contributed by atoms with Crippen molar-refractivity contribution in [1.82, 2.24) is 0 Å². The van der Waals surface area contributed by atoms with Gasteiger partial charge in [-0.3, -0.25) is 19.2 Å². The lowest BCUT2D eigenvalue weighted by Gasteiger charge is -2.64. The van der Waals surface area contributed by atoms with Crippen LogP contribution < -0.4 is 0 Å². The molecule has 0 heterocycles. The number of terminal acetylenes is 1. The highest BCUT2D eigenvalue weighted by atomic mass is 19.1. The molecule has 16 fully saturated rings. The number of carboxylic acids is 4. The predicted molar refractivity (Wildman–Crippen MR) is 464 cm³/mol. The largest absolute Gasteiger partial charge is 0.481 e. The first-order valence-electron chi connectivity index (χ1n) is 49.5. The molecule has 121 heavy (non-hydrogen) atoms. The van der Waals surface area contributed by atoms with Crippen LogP contribution >= 0.6 is 0 Å². The fourth-order valence-electron chi connectivity index (χ4n) is 36.6. The number of ether oxygens (including phenoxy) is 1. The molecule has 16 aliphatic carbocycles. The van der Waals surface area contributed by atoms with E-state index in [0.29, 0.717) is 126 Å². The number of alkyl halides is 1. The van der Waals surface area contributed by atoms with Crippen LogP contribution in [0, 0.1) is 210 Å². The van der Waals surface area contributed by atoms with E-state index in [4.69, 9.17) is 31.6 Å². The number of hydrogen-bond acceptors (Lipinski definition) is 14. The molecule has 690 valence electrons. The van der Waals surface area contributed by atoms with Crippen LogP contribution in [0.1, 0.15) is 327 Å². The van der Waals surface area contributed by atoms with Gasteiger partial charge >= 0.3 is 23.9 Å². The molecule has 16 aliphatic rings. The molecule has 16 rings (SSSR count). The smallest absolute Gasteiger partial charge is 0.303 e. The molecule has 0 spiro atoms. The third-order valence-corrected chi connectivity index (χ3v) is 42.6. The van der Waals surface area contributed by atoms with E-state index in [9.17, 15) is 65.1 Å². The first-order chi connectivity index (χ1) is 57.0. The van der Waals surface area contributed by atoms with Crippen LogP contribution in [0.5, 0.6) is 0 Å². The van der Waals surface area contributed by atoms with E-state index in [-0.39, 0.29) is 159 Å². The van der Waals surface area contributed by atoms with E-state index in [0.717, 1.165) is 173 Å². The number of rotatable bonds is 20. The Hall–Kier alpha value is -3.03. The predicted octanol–water partition coefficient (Wildman–Crippen LogP) is 17.3. The highest BCUT2D eigenvalue weighted by Crippen LogP contribution is 2.75. The molecule has 13 N–H and O–H groups in total. The zero-order valence-corrected chi connectivity index (χ0v) is 76.7. The van der Waals surface area contributed by atoms with Gasteiger partial charge in [0.2, 0.25) is 0 Å². The number of aliphatic hydroxyl groups is 9. The van der Waals surface area contributed by atoms with Gasteiger partial charge in [0.1, 0.15) is 6.17 Å². The molecule has 18 nitrogen and oxygen atoms in total. The first-order valence-corrected chi connectivity index (χ1v) is 49.5. The van der Waals surface area contributed by atoms with Crippen molar-refractivity contribution in [3.63, 3.8) is 0 Å². The summed E-state index contributed by atoms with van der Waals surface area (Å²) in [5.41, 5.74) is 0.873. The Morgan fingerprint density at radius 1 is 0.355 bits per heavy atom. The lowest BCUT2D eigenvalue weighted by atomic mass is 9.41. The summed E-state index contributed by atoms with van der Waals surface area (Å²) in [5.74, 6) is 8.69. The fourth-order valence-corrected chi connectivity index (χ4v) is 36.6. The van der Waals surface area contributed by atoms with Crippen molar-refractivity contribution in [1.29, 1.82) is 0 Å². The lowest BCUT2D eigenvalue weighted by molar-refractivity contribution is -0.230. The SMILES string of the molecule is C#CC[C@H]1[C@@H](O)C2C3CC[C@H]([C@H](C)CCC(=O)O)[C@@]3(C)CCC2[C@@]2(C)CC[C@@H](O)C[C@@H]12.CO[C@H]1[C@@H](O)C2C3CC[C@H]([C@H](C)CCC(=O)O)[C@@]3(C)CCC2[C@@]2(C)CC[C@@H](O)C[C@@H]12.C[C@H](CCC(=O)O)[C@H]1CCC2C3C(CC[C@@]21C)[C@@]1(C)CC[C@@H](O)C[C@H]1[C@@H](CCO)[C@H]3O.C[C@H](CCC(=O)O)[C@H]1CCC2C3C(CC[C@@]21C)[C@@]1(C)CC[C@@H](O)C[C@H]1[C@@H](F)[C@H]3O. The second-order valence-corrected chi connectivity index (χ2v) is 47.2. The topological polar surface area (TPSA) is 340 Å². The molecule has 12 unspecified atom stereocenters. The van der Waals surface area contributed by atoms with Gasteiger partial charge in [-0.2, -0.15) is 0 Å². The average molecular weight is 1700 g/mol. The highest BCUT2D eigenvalue weighted by Gasteiger charge is 2.71. The van der Waals surface area contributed by atoms with E-state index >= 15 is 4.39 Å². The molecule has 0 bridgehead atoms. The molecule has 19 heteroatoms. The van der Waals surface area contributed by atoms with Crippen molar-refractivity contribution in [2.75, 3.05) is 13.7 Å². The summed E-state index contributed by atoms with van der Waals surface area (Å²) in [6.07, 6.45) is 34.0. The van der Waals surface area contributed by atoms with E-state index in [1.807, 2.05) is 0 Å². The van der Waals surface area contributed by atoms with Crippen LogP contribution in [-0.4, -0.2) is 165 Å². The molecular weight excluding hydrogens is 1530 g/mol. The van der Waals surface area contributed by atoms with Gasteiger partial charge in [0.25, 0.3) is 0 Å². The molecule has 16 saturated carbocycles. The van der Waals surface area contributed by atoms with E-state index in [1.54, 1.807) is 7.11 Å². The summed E-state index contributed by atoms with van der Waals surface area (Å²) in [7, 11) is 1.73. The van der Waals surface area contributed by atoms with Gasteiger partial charge in [-0.1, -0.05) is 83.1 Å². The molecule has 0 aromatic heterocycles. The van der Waals surface area contributed by atoms with Gasteiger partial charge in [0, 0.05) is 51.7 Å². The Balaban J connectivity index is 0.000000139. The second-order valence-electron chi connectivity index (χ2n) is 47.2. The summed E-state index contributed by atoms with van der Waals surface area (Å²) in [6, 6.07) is 0. The summed E-state index contributed by atoms with van der Waals surface area (Å²) >= 11 is 0. The van der Waals surface area contributed by atoms with Crippen molar-refractivity contribution >= 4 is 23.9 Å². The van der Waals surface area contributed by atoms with Gasteiger partial charge < -0.3 is 71.1 Å². The van der Waals surface area contributed by atoms with Gasteiger partial charge in [0.15, 0.2) is 0 Å². The third kappa shape index (κ3) is 17.1. The minimum Gasteiger partial charge on any atom is -0.481 e. The van der Waals surface area contributed by atoms with Crippen LogP contribution in [0.15, 0.2) is 0 Å². The van der Waals surface area contributed by atoms with Crippen molar-refractivity contribution in [2.45, 2.75) is 388 Å². The minimum absolute atomic E-state index is 0.00285. The maximum Gasteiger partial charge on any atom is 0.303 e. The maximum atomic E-state index is 15.5. The Labute approximate surface area is 726 Å². The van der Waals surface area contributed by atoms with Crippen molar-refractivity contribution in [2.24, 2.45) is 197 Å². The number of methoxy groups -OCH3 is 1. The minimum atomic E-state index is -1.25. The number of carboxylic acid groups (broad SMARTS) is 4. The van der Waals surface area contributed by atoms with Gasteiger partial charge in [-0.15, -0.1) is 12.3 Å². The molecule has 0 aliphatic heterocycles. The molecule has 0 amide bonds. The van der Waals surface area contributed by atoms with Gasteiger partial charge in [-0.25, -0.2) is 4.39 Å². The van der Waals surface area contributed by atoms with E-state index in [1.165, 1.54) is 19.3 Å². The standard InChI is InChI=1S/C27H42O4.C26H44O5.C25H42O5.C24H39FO4/c1-5-6-18-22-15-17(28)11-13-27(22,4)21-12-14-26(3)19(16(2)7-10-23(29)30)8-9-20(26)24(21)25(18)31;1-15(4-7-22(29)30)18-5-6-19-23-20(9-12-25(18,19)2)26(3)11-8-16(28)14-21(26)17(10-13-27)24(23)31;1-14(5-8-20(27)28)16-6-7-17-21-18(10-12-24(16,17)2)25(3)11-9-15(26)13-19(25)23(30-4)22(21)29;1-13(4-7-19(27)28)15-5-6-16-20-17(9-11-23(15,16)2)24(3)10-8-14(26)12-18(24)21(25)22(20)29/h1,16-22,24-25,28,31H,6-15H2,2-4H3,(H,29,30);15-21,23-24,27-28,31H,4-14H2,1-3H3,(H,29,30);14-19,21-23,26,29H,5-13H2,1-4H3,(H,27,28);13-18,20-22,26,29H,4-12H2,1-3H3,(H,27,28)/t16-,17-,18-,19-,20?,21?,22+,24?,25-,26-,27-;15-,16-,17-,18-,19?,20?,21+,23?,24-,25-,26-;14-,15-,16-,17?,18?,19+,21?,22+,23-,24-,25-;13-,14-,15-,16?,17?,18+,20?,21-,22+,23-,24-/m1111/s1. The molecule has 44 atom stereocenters. The highest BCUT2D eigenvalue weighted by molar-refractivity contribution is 5.67. The van der Waals surface area contributed by atoms with E-state index < -0.39 is 54.5 Å². The molecule has 0 radical (unpaired) electrons. The van der Waals surface area contributed by atoms with E-state index in [2.05, 4.69) is 89.0 Å². The maximum absolute atomic E-state index is 15.5. The van der Waals surface area contributed by atoms with Crippen molar-refractivity contribution in [3.8, 4) is 12.3 Å². The first kappa shape index (κ1) is 95.6. The van der Waals surface area contributed by atoms with Gasteiger partial charge in [0.05, 0.1) is 54.9 Å². The van der Waals surface area contributed by atoms with Crippen molar-refractivity contribution < 1.29 is 94.7 Å². The Morgan fingerprint density at radius 2 is 0.612 bits per heavy atom. The second kappa shape index (κ2) is 37.1. The Kier molecular flexibility index (Phi) is 29.3. The summed E-state index contributed by atoms with van der Waals surface area (Å²) in [5, 5.41) is 134. The van der Waals surface area contributed by atoms with Gasteiger partial charge in [-0.05, 0) is 403 Å². The lowest BCUT2D eigenvalue weighted by Crippen LogP contribution is -2.64. The number of halogens is 1. The zero-order valence-electron chi connectivity index (χ0n) is 76.7. The van der Waals surface area contributed by atoms with Crippen LogP contribution in [0.4, 0.5) is 4.39 Å². The number of carbonyl (C=O) groups is 4. The fraction of sp³-hybridized carbons (Fsp3) is 0.941. The number of aliphatic carboxylic acids is 4. The zero-order chi connectivity index (χ0) is 88.1. The molecule has 0 aromatic carbocycles. The van der Waals surface area contributed by atoms with Crippen LogP contribution in [0.2, 0.25) is 0 Å². The number of hydrogen-bond donors (Lipinski definition) is 13. The monoisotopic (exact) mass is 1700 g/mol. The molecule has 0 saturated heterocycles. The quantitative estimate of drug-likeness (QED) is 0.0504. The Morgan fingerprint density at radius 3 is 0.917 bits per heavy atom. The summed E-state index contributed by atoms with van der Waals surface area (Å²) in [4.78, 5) is 44.4. The summed E-state index contributed by atoms with van der Waals surface area (Å²) < 4.78 is 21.5. The molecular formula is C102H167FO18. The number of fused-ring (bicyclic) bond motifs is 20. The van der Waals surface area contributed by atoms with Crippen LogP contribution in [0.3, 0.4) is 0 Å². The number of aliphatic hydroxyl groups excluding tert-OH is 9. The van der Waals surface area contributed by atoms with Crippen LogP contribution in [0.25, 0.3) is 0 Å². The third-order valence-electron chi connectivity index (χ3n) is 42.6. The Bertz CT molecular complexity index is 3590. The average Bonchev–Trinajstić information content (AvgIpc) is 1.68. The molecule has 0 aromatic rings. The summed E-state index contributed by atoms with van der Waals surface area (Å²) in [6.45, 7) is 28.1. The van der Waals surface area contributed by atoms with Crippen molar-refractivity contribution in [3.05, 3.63) is 0 Å². The normalized spacial score (nSPS) is 51.1.